The van der Waals surface area contributed by atoms with Crippen LogP contribution >= 0.6 is 11.6 Å². The largest absolute Gasteiger partial charge is 0.417 e. The van der Waals surface area contributed by atoms with Gasteiger partial charge in [0.15, 0.2) is 0 Å². The van der Waals surface area contributed by atoms with Crippen molar-refractivity contribution in [2.24, 2.45) is 0 Å². The number of anilines is 3. The summed E-state index contributed by atoms with van der Waals surface area (Å²) in [6.45, 7) is 1.79. The van der Waals surface area contributed by atoms with E-state index >= 15 is 0 Å². The van der Waals surface area contributed by atoms with E-state index in [1.165, 1.54) is 18.5 Å². The minimum atomic E-state index is -4.61. The number of nitrogens with one attached hydrogen (secondary N) is 2. The lowest BCUT2D eigenvalue weighted by molar-refractivity contribution is -0.137. The normalized spacial score (nSPS) is 14.4. The summed E-state index contributed by atoms with van der Waals surface area (Å²) in [4.78, 5) is 22.4. The quantitative estimate of drug-likeness (QED) is 0.822. The highest BCUT2D eigenvalue weighted by Crippen LogP contribution is 2.36. The van der Waals surface area contributed by atoms with Gasteiger partial charge in [-0.25, -0.2) is 14.8 Å². The van der Waals surface area contributed by atoms with Gasteiger partial charge < -0.3 is 15.5 Å². The molecule has 0 aliphatic carbocycles. The SMILES string of the molecule is O=C(Nc1cnc(N2CCCC2)nc1)Nc1ccc(Cl)c(C(F)(F)F)c1. The van der Waals surface area contributed by atoms with Gasteiger partial charge in [0, 0.05) is 18.8 Å². The van der Waals surface area contributed by atoms with E-state index < -0.39 is 22.8 Å². The Hall–Kier alpha value is -2.55. The van der Waals surface area contributed by atoms with E-state index in [0.717, 1.165) is 38.1 Å². The summed E-state index contributed by atoms with van der Waals surface area (Å²) < 4.78 is 38.5. The standard InChI is InChI=1S/C16H15ClF3N5O/c17-13-4-3-10(7-12(13)16(18,19)20)23-15(26)24-11-8-21-14(22-9-11)25-5-1-2-6-25/h3-4,7-9H,1-2,5-6H2,(H2,23,24,26). The molecule has 1 saturated heterocycles. The van der Waals surface area contributed by atoms with E-state index in [0.29, 0.717) is 11.6 Å². The molecule has 138 valence electrons. The van der Waals surface area contributed by atoms with E-state index in [-0.39, 0.29) is 5.69 Å². The third kappa shape index (κ3) is 4.34. The molecule has 2 heterocycles. The predicted molar refractivity (Wildman–Crippen MR) is 92.6 cm³/mol. The predicted octanol–water partition coefficient (Wildman–Crippen LogP) is 4.39. The van der Waals surface area contributed by atoms with Gasteiger partial charge in [0.05, 0.1) is 28.7 Å². The molecule has 2 N–H and O–H groups in total. The van der Waals surface area contributed by atoms with E-state index in [2.05, 4.69) is 20.6 Å². The maximum absolute atomic E-state index is 12.8. The van der Waals surface area contributed by atoms with Crippen LogP contribution in [0, 0.1) is 0 Å². The second-order valence-electron chi connectivity index (χ2n) is 5.74. The van der Waals surface area contributed by atoms with E-state index in [1.807, 2.05) is 4.90 Å². The molecule has 0 saturated carbocycles. The highest BCUT2D eigenvalue weighted by atomic mass is 35.5. The van der Waals surface area contributed by atoms with Crippen molar-refractivity contribution in [3.63, 3.8) is 0 Å². The van der Waals surface area contributed by atoms with Gasteiger partial charge in [0.1, 0.15) is 0 Å². The second kappa shape index (κ2) is 7.36. The van der Waals surface area contributed by atoms with Gasteiger partial charge in [0.25, 0.3) is 0 Å². The van der Waals surface area contributed by atoms with Gasteiger partial charge in [-0.2, -0.15) is 13.2 Å². The number of carbonyl (C=O) groups is 1. The molecule has 2 amide bonds. The third-order valence-corrected chi connectivity index (χ3v) is 4.14. The summed E-state index contributed by atoms with van der Waals surface area (Å²) in [6.07, 6.45) is 0.469. The van der Waals surface area contributed by atoms with Crippen molar-refractivity contribution in [2.45, 2.75) is 19.0 Å². The van der Waals surface area contributed by atoms with Gasteiger partial charge in [-0.1, -0.05) is 11.6 Å². The van der Waals surface area contributed by atoms with Crippen molar-refractivity contribution in [1.82, 2.24) is 9.97 Å². The summed E-state index contributed by atoms with van der Waals surface area (Å²) in [5.41, 5.74) is -0.723. The zero-order chi connectivity index (χ0) is 18.7. The first-order chi connectivity index (χ1) is 12.3. The molecule has 1 aliphatic heterocycles. The molecule has 1 aliphatic rings. The van der Waals surface area contributed by atoms with Crippen LogP contribution in [0.2, 0.25) is 5.02 Å². The van der Waals surface area contributed by atoms with Crippen LogP contribution in [-0.2, 0) is 6.18 Å². The van der Waals surface area contributed by atoms with Crippen molar-refractivity contribution in [3.8, 4) is 0 Å². The smallest absolute Gasteiger partial charge is 0.341 e. The fourth-order valence-corrected chi connectivity index (χ4v) is 2.80. The Balaban J connectivity index is 1.64. The van der Waals surface area contributed by atoms with E-state index in [9.17, 15) is 18.0 Å². The molecule has 0 radical (unpaired) electrons. The monoisotopic (exact) mass is 385 g/mol. The maximum atomic E-state index is 12.8. The van der Waals surface area contributed by atoms with Crippen LogP contribution in [0.1, 0.15) is 18.4 Å². The molecule has 1 aromatic carbocycles. The Kier molecular flexibility index (Phi) is 5.17. The highest BCUT2D eigenvalue weighted by molar-refractivity contribution is 6.31. The molecule has 0 atom stereocenters. The van der Waals surface area contributed by atoms with Crippen molar-refractivity contribution < 1.29 is 18.0 Å². The van der Waals surface area contributed by atoms with Crippen LogP contribution in [0.3, 0.4) is 0 Å². The first-order valence-corrected chi connectivity index (χ1v) is 8.22. The van der Waals surface area contributed by atoms with Gasteiger partial charge in [-0.05, 0) is 31.0 Å². The molecule has 3 rings (SSSR count). The van der Waals surface area contributed by atoms with Gasteiger partial charge >= 0.3 is 12.2 Å². The van der Waals surface area contributed by atoms with Gasteiger partial charge in [-0.15, -0.1) is 0 Å². The Morgan fingerprint density at radius 3 is 2.31 bits per heavy atom. The number of aromatic nitrogens is 2. The Bertz CT molecular complexity index is 791. The summed E-state index contributed by atoms with van der Waals surface area (Å²) in [5, 5.41) is 4.36. The number of hydrogen-bond acceptors (Lipinski definition) is 4. The van der Waals surface area contributed by atoms with Gasteiger partial charge in [-0.3, -0.25) is 0 Å². The average Bonchev–Trinajstić information content (AvgIpc) is 3.11. The number of hydrogen-bond donors (Lipinski definition) is 2. The third-order valence-electron chi connectivity index (χ3n) is 3.81. The molecule has 1 fully saturated rings. The lowest BCUT2D eigenvalue weighted by Crippen LogP contribution is -2.22. The van der Waals surface area contributed by atoms with Crippen LogP contribution < -0.4 is 15.5 Å². The Labute approximate surface area is 152 Å². The minimum absolute atomic E-state index is 0.0335. The number of benzene rings is 1. The molecular formula is C16H15ClF3N5O. The lowest BCUT2D eigenvalue weighted by Gasteiger charge is -2.15. The van der Waals surface area contributed by atoms with Crippen molar-refractivity contribution in [3.05, 3.63) is 41.2 Å². The summed E-state index contributed by atoms with van der Waals surface area (Å²) in [7, 11) is 0. The maximum Gasteiger partial charge on any atom is 0.417 e. The number of amides is 2. The number of nitrogens with zero attached hydrogens (tertiary/aromatic N) is 3. The van der Waals surface area contributed by atoms with Crippen molar-refractivity contribution in [1.29, 1.82) is 0 Å². The van der Waals surface area contributed by atoms with Crippen LogP contribution in [0.25, 0.3) is 0 Å². The average molecular weight is 386 g/mol. The second-order valence-corrected chi connectivity index (χ2v) is 6.14. The van der Waals surface area contributed by atoms with Crippen LogP contribution in [0.4, 0.5) is 35.3 Å². The van der Waals surface area contributed by atoms with Crippen LogP contribution in [-0.4, -0.2) is 29.1 Å². The fraction of sp³-hybridized carbons (Fsp3) is 0.312. The van der Waals surface area contributed by atoms with Crippen LogP contribution in [0.15, 0.2) is 30.6 Å². The minimum Gasteiger partial charge on any atom is -0.341 e. The molecule has 1 aromatic heterocycles. The molecule has 0 bridgehead atoms. The summed E-state index contributed by atoms with van der Waals surface area (Å²) in [5.74, 6) is 0.584. The summed E-state index contributed by atoms with van der Waals surface area (Å²) in [6, 6.07) is 2.42. The molecular weight excluding hydrogens is 371 g/mol. The first kappa shape index (κ1) is 18.2. The fourth-order valence-electron chi connectivity index (χ4n) is 2.58. The van der Waals surface area contributed by atoms with Crippen molar-refractivity contribution in [2.75, 3.05) is 28.6 Å². The van der Waals surface area contributed by atoms with Crippen LogP contribution in [0.5, 0.6) is 0 Å². The number of urea groups is 1. The number of carbonyl (C=O) groups excluding carboxylic acids is 1. The molecule has 6 nitrogen and oxygen atoms in total. The Morgan fingerprint density at radius 2 is 1.69 bits per heavy atom. The number of rotatable bonds is 3. The molecule has 2 aromatic rings. The summed E-state index contributed by atoms with van der Waals surface area (Å²) >= 11 is 5.55. The van der Waals surface area contributed by atoms with E-state index in [1.54, 1.807) is 0 Å². The lowest BCUT2D eigenvalue weighted by atomic mass is 10.2. The number of alkyl halides is 3. The van der Waals surface area contributed by atoms with Gasteiger partial charge in [0.2, 0.25) is 5.95 Å². The van der Waals surface area contributed by atoms with E-state index in [4.69, 9.17) is 11.6 Å². The molecule has 26 heavy (non-hydrogen) atoms. The number of halogens is 4. The first-order valence-electron chi connectivity index (χ1n) is 7.85. The topological polar surface area (TPSA) is 70.2 Å². The molecule has 0 unspecified atom stereocenters. The molecule has 10 heteroatoms. The van der Waals surface area contributed by atoms with Crippen molar-refractivity contribution >= 4 is 35.0 Å². The zero-order valence-corrected chi connectivity index (χ0v) is 14.2. The highest BCUT2D eigenvalue weighted by Gasteiger charge is 2.33. The molecule has 0 spiro atoms. The zero-order valence-electron chi connectivity index (χ0n) is 13.5. The Morgan fingerprint density at radius 1 is 1.08 bits per heavy atom.